The molecule has 0 spiro atoms. The molecule has 1 N–H and O–H groups in total. The van der Waals surface area contributed by atoms with Crippen LogP contribution in [0.5, 0.6) is 5.75 Å². The summed E-state index contributed by atoms with van der Waals surface area (Å²) in [5, 5.41) is 10.0. The highest BCUT2D eigenvalue weighted by Gasteiger charge is 2.22. The van der Waals surface area contributed by atoms with Gasteiger partial charge in [0.25, 0.3) is 0 Å². The van der Waals surface area contributed by atoms with Crippen molar-refractivity contribution in [1.82, 2.24) is 4.90 Å². The first-order valence-electron chi connectivity index (χ1n) is 6.21. The molecule has 0 saturated carbocycles. The van der Waals surface area contributed by atoms with E-state index in [2.05, 4.69) is 18.7 Å². The number of ether oxygens (including phenoxy) is 1. The van der Waals surface area contributed by atoms with E-state index in [0.717, 1.165) is 30.8 Å². The van der Waals surface area contributed by atoms with E-state index in [1.54, 1.807) is 0 Å². The van der Waals surface area contributed by atoms with Crippen molar-refractivity contribution in [3.8, 4) is 5.75 Å². The first kappa shape index (κ1) is 12.4. The van der Waals surface area contributed by atoms with E-state index >= 15 is 0 Å². The van der Waals surface area contributed by atoms with Gasteiger partial charge in [0.2, 0.25) is 0 Å². The predicted molar refractivity (Wildman–Crippen MR) is 68.1 cm³/mol. The minimum Gasteiger partial charge on any atom is -0.507 e. The van der Waals surface area contributed by atoms with E-state index in [-0.39, 0.29) is 12.2 Å². The van der Waals surface area contributed by atoms with Crippen LogP contribution in [0.1, 0.15) is 25.0 Å². The fraction of sp³-hybridized carbons (Fsp3) is 0.571. The lowest BCUT2D eigenvalue weighted by Crippen LogP contribution is -2.44. The van der Waals surface area contributed by atoms with Crippen molar-refractivity contribution < 1.29 is 9.84 Å². The molecule has 0 amide bonds. The van der Waals surface area contributed by atoms with Crippen LogP contribution in [0.2, 0.25) is 0 Å². The van der Waals surface area contributed by atoms with Crippen molar-refractivity contribution in [1.29, 1.82) is 0 Å². The van der Waals surface area contributed by atoms with Crippen LogP contribution in [0.15, 0.2) is 18.2 Å². The number of hydrogen-bond donors (Lipinski definition) is 1. The third-order valence-electron chi connectivity index (χ3n) is 3.21. The zero-order valence-corrected chi connectivity index (χ0v) is 10.8. The van der Waals surface area contributed by atoms with Gasteiger partial charge in [0.05, 0.1) is 12.2 Å². The quantitative estimate of drug-likeness (QED) is 0.854. The second-order valence-corrected chi connectivity index (χ2v) is 5.03. The molecule has 0 aliphatic carbocycles. The van der Waals surface area contributed by atoms with Gasteiger partial charge in [-0.15, -0.1) is 0 Å². The molecule has 1 fully saturated rings. The van der Waals surface area contributed by atoms with Crippen molar-refractivity contribution >= 4 is 0 Å². The van der Waals surface area contributed by atoms with Crippen molar-refractivity contribution in [3.05, 3.63) is 29.3 Å². The molecular weight excluding hydrogens is 214 g/mol. The van der Waals surface area contributed by atoms with E-state index < -0.39 is 0 Å². The lowest BCUT2D eigenvalue weighted by atomic mass is 10.1. The maximum Gasteiger partial charge on any atom is 0.122 e. The van der Waals surface area contributed by atoms with Crippen molar-refractivity contribution in [2.45, 2.75) is 39.5 Å². The summed E-state index contributed by atoms with van der Waals surface area (Å²) in [7, 11) is 0. The SMILES string of the molecule is Cc1cccc(CN2C[C@@H](C)O[C@@H](C)C2)c1O. The molecule has 1 heterocycles. The molecule has 0 unspecified atom stereocenters. The highest BCUT2D eigenvalue weighted by Crippen LogP contribution is 2.24. The Labute approximate surface area is 103 Å². The lowest BCUT2D eigenvalue weighted by Gasteiger charge is -2.35. The minimum atomic E-state index is 0.269. The van der Waals surface area contributed by atoms with E-state index in [0.29, 0.717) is 5.75 Å². The van der Waals surface area contributed by atoms with Crippen LogP contribution in [0.3, 0.4) is 0 Å². The van der Waals surface area contributed by atoms with Gasteiger partial charge >= 0.3 is 0 Å². The molecule has 2 rings (SSSR count). The van der Waals surface area contributed by atoms with Gasteiger partial charge in [0.1, 0.15) is 5.75 Å². The van der Waals surface area contributed by atoms with Gasteiger partial charge in [0, 0.05) is 25.2 Å². The monoisotopic (exact) mass is 235 g/mol. The summed E-state index contributed by atoms with van der Waals surface area (Å²) in [6, 6.07) is 5.92. The number of aromatic hydroxyl groups is 1. The van der Waals surface area contributed by atoms with Crippen LogP contribution in [0.25, 0.3) is 0 Å². The minimum absolute atomic E-state index is 0.269. The Kier molecular flexibility index (Phi) is 3.69. The third kappa shape index (κ3) is 2.99. The molecule has 0 aromatic heterocycles. The molecule has 1 aromatic rings. The van der Waals surface area contributed by atoms with Crippen LogP contribution < -0.4 is 0 Å². The van der Waals surface area contributed by atoms with Crippen LogP contribution >= 0.6 is 0 Å². The summed E-state index contributed by atoms with van der Waals surface area (Å²) in [6.45, 7) is 8.78. The molecule has 2 atom stereocenters. The number of hydrogen-bond acceptors (Lipinski definition) is 3. The number of aryl methyl sites for hydroxylation is 1. The molecule has 1 saturated heterocycles. The largest absolute Gasteiger partial charge is 0.507 e. The Morgan fingerprint density at radius 2 is 1.94 bits per heavy atom. The smallest absolute Gasteiger partial charge is 0.122 e. The number of nitrogens with zero attached hydrogens (tertiary/aromatic N) is 1. The van der Waals surface area contributed by atoms with Crippen LogP contribution in [0.4, 0.5) is 0 Å². The fourth-order valence-electron chi connectivity index (χ4n) is 2.50. The van der Waals surface area contributed by atoms with Gasteiger partial charge in [-0.2, -0.15) is 0 Å². The number of morpholine rings is 1. The first-order valence-corrected chi connectivity index (χ1v) is 6.21. The second kappa shape index (κ2) is 5.07. The summed E-state index contributed by atoms with van der Waals surface area (Å²) in [5.74, 6) is 0.430. The average Bonchev–Trinajstić information content (AvgIpc) is 2.23. The molecule has 17 heavy (non-hydrogen) atoms. The lowest BCUT2D eigenvalue weighted by molar-refractivity contribution is -0.0706. The Morgan fingerprint density at radius 1 is 1.29 bits per heavy atom. The van der Waals surface area contributed by atoms with Gasteiger partial charge < -0.3 is 9.84 Å². The van der Waals surface area contributed by atoms with Gasteiger partial charge in [0.15, 0.2) is 0 Å². The molecule has 0 radical (unpaired) electrons. The molecule has 3 nitrogen and oxygen atoms in total. The van der Waals surface area contributed by atoms with Gasteiger partial charge in [-0.25, -0.2) is 0 Å². The Bertz CT molecular complexity index is 382. The molecule has 94 valence electrons. The molecule has 1 aliphatic rings. The molecule has 0 bridgehead atoms. The Morgan fingerprint density at radius 3 is 2.59 bits per heavy atom. The van der Waals surface area contributed by atoms with Crippen LogP contribution in [0, 0.1) is 6.92 Å². The highest BCUT2D eigenvalue weighted by atomic mass is 16.5. The summed E-state index contributed by atoms with van der Waals surface area (Å²) >= 11 is 0. The number of para-hydroxylation sites is 1. The summed E-state index contributed by atoms with van der Waals surface area (Å²) < 4.78 is 5.70. The van der Waals surface area contributed by atoms with E-state index in [4.69, 9.17) is 4.74 Å². The average molecular weight is 235 g/mol. The van der Waals surface area contributed by atoms with E-state index in [9.17, 15) is 5.11 Å². The molecule has 3 heteroatoms. The Balaban J connectivity index is 2.07. The second-order valence-electron chi connectivity index (χ2n) is 5.03. The topological polar surface area (TPSA) is 32.7 Å². The van der Waals surface area contributed by atoms with Gasteiger partial charge in [-0.1, -0.05) is 18.2 Å². The molecule has 1 aromatic carbocycles. The number of benzene rings is 1. The van der Waals surface area contributed by atoms with Crippen LogP contribution in [-0.2, 0) is 11.3 Å². The van der Waals surface area contributed by atoms with Gasteiger partial charge in [-0.3, -0.25) is 4.90 Å². The van der Waals surface area contributed by atoms with Gasteiger partial charge in [-0.05, 0) is 26.3 Å². The van der Waals surface area contributed by atoms with Crippen molar-refractivity contribution in [3.63, 3.8) is 0 Å². The van der Waals surface area contributed by atoms with Crippen LogP contribution in [-0.4, -0.2) is 35.3 Å². The molecular formula is C14H21NO2. The van der Waals surface area contributed by atoms with Crippen molar-refractivity contribution in [2.24, 2.45) is 0 Å². The third-order valence-corrected chi connectivity index (χ3v) is 3.21. The normalized spacial score (nSPS) is 26.1. The standard InChI is InChI=1S/C14H21NO2/c1-10-5-4-6-13(14(10)16)9-15-7-11(2)17-12(3)8-15/h4-6,11-12,16H,7-9H2,1-3H3/t11-,12+. The summed E-state index contributed by atoms with van der Waals surface area (Å²) in [6.07, 6.45) is 0.538. The number of rotatable bonds is 2. The summed E-state index contributed by atoms with van der Waals surface area (Å²) in [4.78, 5) is 2.34. The fourth-order valence-corrected chi connectivity index (χ4v) is 2.50. The highest BCUT2D eigenvalue weighted by molar-refractivity contribution is 5.39. The van der Waals surface area contributed by atoms with E-state index in [1.165, 1.54) is 0 Å². The number of phenolic OH excluding ortho intramolecular Hbond substituents is 1. The zero-order chi connectivity index (χ0) is 12.4. The first-order chi connectivity index (χ1) is 8.06. The maximum atomic E-state index is 10.0. The summed E-state index contributed by atoms with van der Waals surface area (Å²) in [5.41, 5.74) is 1.95. The van der Waals surface area contributed by atoms with Crippen molar-refractivity contribution in [2.75, 3.05) is 13.1 Å². The maximum absolute atomic E-state index is 10.0. The zero-order valence-electron chi connectivity index (χ0n) is 10.8. The van der Waals surface area contributed by atoms with E-state index in [1.807, 2.05) is 25.1 Å². The molecule has 1 aliphatic heterocycles. The predicted octanol–water partition coefficient (Wildman–Crippen LogP) is 2.31. The number of phenols is 1. The Hall–Kier alpha value is -1.06.